The summed E-state index contributed by atoms with van der Waals surface area (Å²) < 4.78 is 5.20. The third kappa shape index (κ3) is 2.33. The fourth-order valence-corrected chi connectivity index (χ4v) is 2.08. The van der Waals surface area contributed by atoms with E-state index < -0.39 is 5.60 Å². The molecule has 4 nitrogen and oxygen atoms in total. The predicted octanol–water partition coefficient (Wildman–Crippen LogP) is 1.99. The number of rotatable bonds is 4. The number of hydrogen-bond donors (Lipinski definition) is 1. The van der Waals surface area contributed by atoms with Crippen molar-refractivity contribution in [1.29, 1.82) is 0 Å². The Morgan fingerprint density at radius 3 is 2.82 bits per heavy atom. The van der Waals surface area contributed by atoms with Gasteiger partial charge in [-0.05, 0) is 38.2 Å². The van der Waals surface area contributed by atoms with E-state index in [0.717, 1.165) is 16.7 Å². The molecule has 0 fully saturated rings. The number of benzene rings is 1. The summed E-state index contributed by atoms with van der Waals surface area (Å²) in [5.74, 6) is 0. The van der Waals surface area contributed by atoms with Crippen LogP contribution < -0.4 is 0 Å². The molecule has 0 aliphatic rings. The average molecular weight is 234 g/mol. The van der Waals surface area contributed by atoms with Crippen LogP contribution in [0.2, 0.25) is 0 Å². The summed E-state index contributed by atoms with van der Waals surface area (Å²) in [5.41, 5.74) is 1.58. The first-order chi connectivity index (χ1) is 8.05. The molecule has 4 heteroatoms. The Kier molecular flexibility index (Phi) is 3.17. The standard InChI is InChI=1S/C13H18N2O2/c1-4-13(16,8-15(2)3)10-5-6-12-11(7-10)14-9-17-12/h5-7,9,16H,4,8H2,1-3H3. The van der Waals surface area contributed by atoms with Crippen LogP contribution in [0.25, 0.3) is 11.1 Å². The van der Waals surface area contributed by atoms with Gasteiger partial charge in [0.1, 0.15) is 11.1 Å². The molecule has 1 atom stereocenters. The van der Waals surface area contributed by atoms with Crippen LogP contribution in [0.1, 0.15) is 18.9 Å². The minimum absolute atomic E-state index is 0.590. The van der Waals surface area contributed by atoms with Crippen molar-refractivity contribution in [3.8, 4) is 0 Å². The molecule has 0 saturated heterocycles. The first-order valence-corrected chi connectivity index (χ1v) is 5.76. The summed E-state index contributed by atoms with van der Waals surface area (Å²) in [6.45, 7) is 2.57. The van der Waals surface area contributed by atoms with Crippen LogP contribution in [0.4, 0.5) is 0 Å². The minimum Gasteiger partial charge on any atom is -0.443 e. The summed E-state index contributed by atoms with van der Waals surface area (Å²) >= 11 is 0. The van der Waals surface area contributed by atoms with Gasteiger partial charge in [0.15, 0.2) is 12.0 Å². The van der Waals surface area contributed by atoms with E-state index in [2.05, 4.69) is 4.98 Å². The Morgan fingerprint density at radius 2 is 2.18 bits per heavy atom. The zero-order valence-corrected chi connectivity index (χ0v) is 10.5. The highest BCUT2D eigenvalue weighted by molar-refractivity contribution is 5.73. The molecule has 1 unspecified atom stereocenters. The van der Waals surface area contributed by atoms with Crippen molar-refractivity contribution in [3.05, 3.63) is 30.2 Å². The van der Waals surface area contributed by atoms with Crippen molar-refractivity contribution in [2.45, 2.75) is 18.9 Å². The van der Waals surface area contributed by atoms with Crippen LogP contribution in [0, 0.1) is 0 Å². The highest BCUT2D eigenvalue weighted by atomic mass is 16.3. The number of fused-ring (bicyclic) bond motifs is 1. The molecule has 92 valence electrons. The fraction of sp³-hybridized carbons (Fsp3) is 0.462. The van der Waals surface area contributed by atoms with E-state index in [1.807, 2.05) is 44.1 Å². The molecule has 0 aliphatic heterocycles. The van der Waals surface area contributed by atoms with Gasteiger partial charge in [-0.3, -0.25) is 0 Å². The molecule has 0 aliphatic carbocycles. The Hall–Kier alpha value is -1.39. The number of nitrogens with zero attached hydrogens (tertiary/aromatic N) is 2. The molecular weight excluding hydrogens is 216 g/mol. The van der Waals surface area contributed by atoms with E-state index in [4.69, 9.17) is 4.42 Å². The molecule has 0 spiro atoms. The van der Waals surface area contributed by atoms with Gasteiger partial charge in [0.25, 0.3) is 0 Å². The summed E-state index contributed by atoms with van der Waals surface area (Å²) in [6.07, 6.45) is 2.08. The van der Waals surface area contributed by atoms with Crippen molar-refractivity contribution in [1.82, 2.24) is 9.88 Å². The maximum Gasteiger partial charge on any atom is 0.181 e. The lowest BCUT2D eigenvalue weighted by Gasteiger charge is -2.30. The SMILES string of the molecule is CCC(O)(CN(C)C)c1ccc2ocnc2c1. The number of aromatic nitrogens is 1. The zero-order valence-electron chi connectivity index (χ0n) is 10.5. The molecule has 0 radical (unpaired) electrons. The molecular formula is C13H18N2O2. The Bertz CT molecular complexity index is 507. The van der Waals surface area contributed by atoms with Crippen LogP contribution in [-0.4, -0.2) is 35.6 Å². The van der Waals surface area contributed by atoms with E-state index in [9.17, 15) is 5.11 Å². The molecule has 0 saturated carbocycles. The maximum absolute atomic E-state index is 10.7. The highest BCUT2D eigenvalue weighted by Gasteiger charge is 2.28. The first kappa shape index (κ1) is 12.1. The van der Waals surface area contributed by atoms with Crippen LogP contribution in [0.15, 0.2) is 29.0 Å². The van der Waals surface area contributed by atoms with Crippen molar-refractivity contribution >= 4 is 11.1 Å². The molecule has 0 amide bonds. The van der Waals surface area contributed by atoms with Crippen LogP contribution in [0.3, 0.4) is 0 Å². The van der Waals surface area contributed by atoms with Gasteiger partial charge >= 0.3 is 0 Å². The normalized spacial score (nSPS) is 15.4. The van der Waals surface area contributed by atoms with E-state index in [-0.39, 0.29) is 0 Å². The lowest BCUT2D eigenvalue weighted by Crippen LogP contribution is -2.37. The molecule has 1 aromatic carbocycles. The van der Waals surface area contributed by atoms with Crippen LogP contribution in [0.5, 0.6) is 0 Å². The number of likely N-dealkylation sites (N-methyl/N-ethyl adjacent to an activating group) is 1. The zero-order chi connectivity index (χ0) is 12.5. The second kappa shape index (κ2) is 4.47. The third-order valence-corrected chi connectivity index (χ3v) is 3.03. The van der Waals surface area contributed by atoms with Crippen LogP contribution >= 0.6 is 0 Å². The lowest BCUT2D eigenvalue weighted by atomic mass is 9.90. The van der Waals surface area contributed by atoms with Gasteiger partial charge in [0.05, 0.1) is 0 Å². The molecule has 1 aromatic heterocycles. The number of aliphatic hydroxyl groups is 1. The number of hydrogen-bond acceptors (Lipinski definition) is 4. The largest absolute Gasteiger partial charge is 0.443 e. The second-order valence-electron chi connectivity index (χ2n) is 4.66. The summed E-state index contributed by atoms with van der Waals surface area (Å²) in [6, 6.07) is 5.65. The summed E-state index contributed by atoms with van der Waals surface area (Å²) in [4.78, 5) is 6.10. The van der Waals surface area contributed by atoms with Crippen molar-refractivity contribution in [3.63, 3.8) is 0 Å². The van der Waals surface area contributed by atoms with Gasteiger partial charge in [0.2, 0.25) is 0 Å². The monoisotopic (exact) mass is 234 g/mol. The van der Waals surface area contributed by atoms with Crippen LogP contribution in [-0.2, 0) is 5.60 Å². The van der Waals surface area contributed by atoms with Crippen molar-refractivity contribution in [2.75, 3.05) is 20.6 Å². The topological polar surface area (TPSA) is 49.5 Å². The summed E-state index contributed by atoms with van der Waals surface area (Å²) in [7, 11) is 3.91. The Labute approximate surface area is 101 Å². The first-order valence-electron chi connectivity index (χ1n) is 5.76. The maximum atomic E-state index is 10.7. The van der Waals surface area contributed by atoms with Gasteiger partial charge in [-0.25, -0.2) is 4.98 Å². The quantitative estimate of drug-likeness (QED) is 0.879. The highest BCUT2D eigenvalue weighted by Crippen LogP contribution is 2.28. The molecule has 17 heavy (non-hydrogen) atoms. The second-order valence-corrected chi connectivity index (χ2v) is 4.66. The van der Waals surface area contributed by atoms with Gasteiger partial charge in [-0.15, -0.1) is 0 Å². The minimum atomic E-state index is -0.837. The molecule has 0 bridgehead atoms. The molecule has 2 rings (SSSR count). The van der Waals surface area contributed by atoms with Crippen molar-refractivity contribution in [2.24, 2.45) is 0 Å². The Morgan fingerprint density at radius 1 is 1.41 bits per heavy atom. The molecule has 1 N–H and O–H groups in total. The number of oxazole rings is 1. The van der Waals surface area contributed by atoms with Gasteiger partial charge in [0, 0.05) is 6.54 Å². The third-order valence-electron chi connectivity index (χ3n) is 3.03. The van der Waals surface area contributed by atoms with Gasteiger partial charge in [-0.1, -0.05) is 13.0 Å². The summed E-state index contributed by atoms with van der Waals surface area (Å²) in [5, 5.41) is 10.7. The Balaban J connectivity index is 2.41. The molecule has 2 aromatic rings. The van der Waals surface area contributed by atoms with Crippen molar-refractivity contribution < 1.29 is 9.52 Å². The van der Waals surface area contributed by atoms with E-state index in [0.29, 0.717) is 13.0 Å². The van der Waals surface area contributed by atoms with E-state index in [1.165, 1.54) is 6.39 Å². The molecule has 1 heterocycles. The van der Waals surface area contributed by atoms with E-state index >= 15 is 0 Å². The lowest BCUT2D eigenvalue weighted by molar-refractivity contribution is 0.00789. The van der Waals surface area contributed by atoms with Gasteiger partial charge in [-0.2, -0.15) is 0 Å². The predicted molar refractivity (Wildman–Crippen MR) is 66.8 cm³/mol. The van der Waals surface area contributed by atoms with E-state index in [1.54, 1.807) is 0 Å². The van der Waals surface area contributed by atoms with Gasteiger partial charge < -0.3 is 14.4 Å². The fourth-order valence-electron chi connectivity index (χ4n) is 2.08. The smallest absolute Gasteiger partial charge is 0.181 e. The average Bonchev–Trinajstić information content (AvgIpc) is 2.74.